The Hall–Kier alpha value is -2.04. The second-order valence-corrected chi connectivity index (χ2v) is 7.43. The van der Waals surface area contributed by atoms with Crippen molar-refractivity contribution >= 4 is 11.8 Å². The number of piperidine rings is 1. The molecule has 1 aromatic carbocycles. The third-order valence-corrected chi connectivity index (χ3v) is 5.56. The van der Waals surface area contributed by atoms with Gasteiger partial charge in [-0.3, -0.25) is 9.59 Å². The van der Waals surface area contributed by atoms with E-state index in [4.69, 9.17) is 10.5 Å². The molecule has 5 nitrogen and oxygen atoms in total. The smallest absolute Gasteiger partial charge is 0.226 e. The summed E-state index contributed by atoms with van der Waals surface area (Å²) in [5.74, 6) is 1.42. The molecule has 1 saturated carbocycles. The first-order valence-corrected chi connectivity index (χ1v) is 9.32. The van der Waals surface area contributed by atoms with Gasteiger partial charge in [0.1, 0.15) is 5.75 Å². The van der Waals surface area contributed by atoms with Crippen molar-refractivity contribution in [3.8, 4) is 5.75 Å². The molecule has 1 heterocycles. The van der Waals surface area contributed by atoms with Crippen molar-refractivity contribution in [2.75, 3.05) is 19.7 Å². The van der Waals surface area contributed by atoms with Crippen molar-refractivity contribution in [2.24, 2.45) is 17.1 Å². The zero-order valence-corrected chi connectivity index (χ0v) is 15.0. The lowest BCUT2D eigenvalue weighted by molar-refractivity contribution is -0.139. The van der Waals surface area contributed by atoms with Gasteiger partial charge >= 0.3 is 0 Å². The van der Waals surface area contributed by atoms with Crippen molar-refractivity contribution in [3.63, 3.8) is 0 Å². The van der Waals surface area contributed by atoms with Crippen LogP contribution in [0.25, 0.3) is 0 Å². The van der Waals surface area contributed by atoms with Gasteiger partial charge in [-0.05, 0) is 49.8 Å². The van der Waals surface area contributed by atoms with Gasteiger partial charge in [0.05, 0.1) is 18.4 Å². The second kappa shape index (κ2) is 7.46. The molecular weight excluding hydrogens is 316 g/mol. The first-order valence-electron chi connectivity index (χ1n) is 9.32. The number of ether oxygens (including phenoxy) is 1. The lowest BCUT2D eigenvalue weighted by Gasteiger charge is -2.40. The Kier molecular flexibility index (Phi) is 5.30. The fourth-order valence-corrected chi connectivity index (χ4v) is 3.77. The minimum Gasteiger partial charge on any atom is -0.494 e. The minimum atomic E-state index is -0.392. The maximum Gasteiger partial charge on any atom is 0.226 e. The fraction of sp³-hybridized carbons (Fsp3) is 0.600. The summed E-state index contributed by atoms with van der Waals surface area (Å²) in [5.41, 5.74) is 6.30. The molecule has 136 valence electrons. The maximum absolute atomic E-state index is 12.6. The van der Waals surface area contributed by atoms with Crippen LogP contribution < -0.4 is 10.5 Å². The van der Waals surface area contributed by atoms with Gasteiger partial charge in [-0.1, -0.05) is 25.0 Å². The first-order chi connectivity index (χ1) is 12.0. The van der Waals surface area contributed by atoms with E-state index >= 15 is 0 Å². The van der Waals surface area contributed by atoms with Crippen LogP contribution in [0, 0.1) is 11.3 Å². The lowest BCUT2D eigenvalue weighted by atomic mass is 9.73. The lowest BCUT2D eigenvalue weighted by Crippen LogP contribution is -2.49. The van der Waals surface area contributed by atoms with Crippen LogP contribution in [0.3, 0.4) is 0 Å². The Bertz CT molecular complexity index is 614. The van der Waals surface area contributed by atoms with E-state index in [-0.39, 0.29) is 11.8 Å². The summed E-state index contributed by atoms with van der Waals surface area (Å²) >= 11 is 0. The van der Waals surface area contributed by atoms with Gasteiger partial charge < -0.3 is 15.4 Å². The van der Waals surface area contributed by atoms with Gasteiger partial charge in [0.2, 0.25) is 11.8 Å². The Balaban J connectivity index is 1.54. The van der Waals surface area contributed by atoms with Crippen molar-refractivity contribution in [2.45, 2.75) is 45.4 Å². The maximum atomic E-state index is 12.6. The van der Waals surface area contributed by atoms with Gasteiger partial charge in [-0.25, -0.2) is 0 Å². The number of rotatable bonds is 7. The van der Waals surface area contributed by atoms with Crippen molar-refractivity contribution < 1.29 is 14.3 Å². The predicted molar refractivity (Wildman–Crippen MR) is 96.1 cm³/mol. The van der Waals surface area contributed by atoms with Crippen molar-refractivity contribution in [3.05, 3.63) is 29.8 Å². The van der Waals surface area contributed by atoms with Crippen LogP contribution in [0.2, 0.25) is 0 Å². The van der Waals surface area contributed by atoms with E-state index in [1.165, 1.54) is 12.8 Å². The van der Waals surface area contributed by atoms with E-state index < -0.39 is 5.41 Å². The summed E-state index contributed by atoms with van der Waals surface area (Å²) in [4.78, 5) is 26.5. The molecule has 0 bridgehead atoms. The molecule has 0 atom stereocenters. The average molecular weight is 344 g/mol. The highest BCUT2D eigenvalue weighted by Gasteiger charge is 2.44. The average Bonchev–Trinajstić information content (AvgIpc) is 3.41. The SMILES string of the molecule is CCOc1ccc(CC(=O)N2CCC(CC3CC3)(C(N)=O)CC2)cc1. The molecule has 2 N–H and O–H groups in total. The number of primary amides is 1. The second-order valence-electron chi connectivity index (χ2n) is 7.43. The molecule has 2 aliphatic rings. The number of benzene rings is 1. The summed E-state index contributed by atoms with van der Waals surface area (Å²) in [6, 6.07) is 7.67. The summed E-state index contributed by atoms with van der Waals surface area (Å²) < 4.78 is 5.43. The topological polar surface area (TPSA) is 72.6 Å². The van der Waals surface area contributed by atoms with Gasteiger partial charge in [-0.2, -0.15) is 0 Å². The van der Waals surface area contributed by atoms with Crippen LogP contribution in [-0.2, 0) is 16.0 Å². The normalized spacial score (nSPS) is 19.5. The molecule has 2 amide bonds. The molecule has 5 heteroatoms. The molecule has 3 rings (SSSR count). The molecule has 2 fully saturated rings. The highest BCUT2D eigenvalue weighted by atomic mass is 16.5. The Labute approximate surface area is 149 Å². The fourth-order valence-electron chi connectivity index (χ4n) is 3.77. The van der Waals surface area contributed by atoms with Crippen LogP contribution in [0.5, 0.6) is 5.75 Å². The molecular formula is C20H28N2O3. The minimum absolute atomic E-state index is 0.119. The van der Waals surface area contributed by atoms with Crippen LogP contribution in [0.15, 0.2) is 24.3 Å². The zero-order chi connectivity index (χ0) is 17.9. The van der Waals surface area contributed by atoms with Crippen molar-refractivity contribution in [1.82, 2.24) is 4.90 Å². The first kappa shape index (κ1) is 17.8. The van der Waals surface area contributed by atoms with Crippen LogP contribution in [0.1, 0.15) is 44.6 Å². The number of hydrogen-bond donors (Lipinski definition) is 1. The molecule has 1 aliphatic heterocycles. The molecule has 1 aromatic rings. The van der Waals surface area contributed by atoms with Gasteiger partial charge in [0.15, 0.2) is 0 Å². The van der Waals surface area contributed by atoms with Gasteiger partial charge in [-0.15, -0.1) is 0 Å². The Morgan fingerprint density at radius 2 is 1.84 bits per heavy atom. The van der Waals surface area contributed by atoms with E-state index in [9.17, 15) is 9.59 Å². The highest BCUT2D eigenvalue weighted by Crippen LogP contribution is 2.45. The third kappa shape index (κ3) is 4.33. The van der Waals surface area contributed by atoms with Crippen LogP contribution >= 0.6 is 0 Å². The third-order valence-electron chi connectivity index (χ3n) is 5.56. The van der Waals surface area contributed by atoms with Crippen molar-refractivity contribution in [1.29, 1.82) is 0 Å². The summed E-state index contributed by atoms with van der Waals surface area (Å²) in [7, 11) is 0. The number of carbonyl (C=O) groups is 2. The number of likely N-dealkylation sites (tertiary alicyclic amines) is 1. The summed E-state index contributed by atoms with van der Waals surface area (Å²) in [6.45, 7) is 3.84. The number of nitrogens with zero attached hydrogens (tertiary/aromatic N) is 1. The molecule has 0 spiro atoms. The van der Waals surface area contributed by atoms with E-state index in [0.717, 1.165) is 17.7 Å². The number of nitrogens with two attached hydrogens (primary N) is 1. The number of hydrogen-bond acceptors (Lipinski definition) is 3. The molecule has 25 heavy (non-hydrogen) atoms. The summed E-state index contributed by atoms with van der Waals surface area (Å²) in [5, 5.41) is 0. The largest absolute Gasteiger partial charge is 0.494 e. The molecule has 1 saturated heterocycles. The molecule has 0 radical (unpaired) electrons. The number of amides is 2. The zero-order valence-electron chi connectivity index (χ0n) is 15.0. The van der Waals surface area contributed by atoms with E-state index in [1.807, 2.05) is 36.1 Å². The predicted octanol–water partition coefficient (Wildman–Crippen LogP) is 2.52. The highest BCUT2D eigenvalue weighted by molar-refractivity contribution is 5.82. The van der Waals surface area contributed by atoms with E-state index in [0.29, 0.717) is 44.9 Å². The molecule has 0 aromatic heterocycles. The molecule has 0 unspecified atom stereocenters. The Morgan fingerprint density at radius 3 is 2.36 bits per heavy atom. The quantitative estimate of drug-likeness (QED) is 0.826. The van der Waals surface area contributed by atoms with E-state index in [2.05, 4.69) is 0 Å². The Morgan fingerprint density at radius 1 is 1.20 bits per heavy atom. The summed E-state index contributed by atoms with van der Waals surface area (Å²) in [6.07, 6.45) is 5.13. The van der Waals surface area contributed by atoms with Crippen LogP contribution in [0.4, 0.5) is 0 Å². The van der Waals surface area contributed by atoms with Crippen LogP contribution in [-0.4, -0.2) is 36.4 Å². The molecule has 1 aliphatic carbocycles. The van der Waals surface area contributed by atoms with E-state index in [1.54, 1.807) is 0 Å². The standard InChI is InChI=1S/C20H28N2O3/c1-2-25-17-7-5-15(6-8-17)13-18(23)22-11-9-20(10-12-22,19(21)24)14-16-3-4-16/h5-8,16H,2-4,9-14H2,1H3,(H2,21,24). The van der Waals surface area contributed by atoms with Gasteiger partial charge in [0.25, 0.3) is 0 Å². The number of carbonyl (C=O) groups excluding carboxylic acids is 2. The monoisotopic (exact) mass is 344 g/mol. The van der Waals surface area contributed by atoms with Gasteiger partial charge in [0, 0.05) is 13.1 Å².